The molecule has 1 atom stereocenters. The lowest BCUT2D eigenvalue weighted by molar-refractivity contribution is -0.116. The van der Waals surface area contributed by atoms with E-state index in [4.69, 9.17) is 0 Å². The van der Waals surface area contributed by atoms with Crippen molar-refractivity contribution in [3.05, 3.63) is 53.2 Å². The molecular formula is C19H20N4OS. The fourth-order valence-corrected chi connectivity index (χ4v) is 3.87. The fraction of sp³-hybridized carbons (Fsp3) is 0.316. The van der Waals surface area contributed by atoms with Gasteiger partial charge in [-0.2, -0.15) is 4.98 Å². The second-order valence-electron chi connectivity index (χ2n) is 6.10. The third-order valence-electron chi connectivity index (χ3n) is 4.43. The van der Waals surface area contributed by atoms with Gasteiger partial charge in [0.15, 0.2) is 5.78 Å². The van der Waals surface area contributed by atoms with Gasteiger partial charge in [-0.25, -0.2) is 4.68 Å². The summed E-state index contributed by atoms with van der Waals surface area (Å²) in [6, 6.07) is 9.92. The molecule has 1 aromatic carbocycles. The summed E-state index contributed by atoms with van der Waals surface area (Å²) >= 11 is 1.61. The van der Waals surface area contributed by atoms with E-state index in [0.29, 0.717) is 6.42 Å². The van der Waals surface area contributed by atoms with Crippen molar-refractivity contribution in [1.82, 2.24) is 14.8 Å². The molecule has 0 saturated carbocycles. The molecule has 6 heteroatoms. The van der Waals surface area contributed by atoms with Gasteiger partial charge in [0, 0.05) is 17.7 Å². The van der Waals surface area contributed by atoms with E-state index in [1.54, 1.807) is 11.8 Å². The normalized spacial score (nSPS) is 19.7. The average molecular weight is 352 g/mol. The Hall–Kier alpha value is -2.34. The van der Waals surface area contributed by atoms with Gasteiger partial charge in [-0.15, -0.1) is 5.10 Å². The van der Waals surface area contributed by atoms with Gasteiger partial charge in [0.2, 0.25) is 11.1 Å². The lowest BCUT2D eigenvalue weighted by Gasteiger charge is -2.30. The number of aromatic nitrogens is 3. The van der Waals surface area contributed by atoms with E-state index in [-0.39, 0.29) is 11.8 Å². The number of hydrogen-bond acceptors (Lipinski definition) is 5. The quantitative estimate of drug-likeness (QED) is 0.840. The summed E-state index contributed by atoms with van der Waals surface area (Å²) in [6.45, 7) is 2.08. The van der Waals surface area contributed by atoms with E-state index >= 15 is 0 Å². The van der Waals surface area contributed by atoms with Crippen molar-refractivity contribution in [3.8, 4) is 0 Å². The molecule has 0 saturated heterocycles. The van der Waals surface area contributed by atoms with Crippen LogP contribution in [0.15, 0.2) is 52.8 Å². The Morgan fingerprint density at radius 2 is 2.16 bits per heavy atom. The van der Waals surface area contributed by atoms with E-state index in [0.717, 1.165) is 46.5 Å². The number of benzene rings is 1. The molecule has 2 aromatic rings. The van der Waals surface area contributed by atoms with Gasteiger partial charge in [-0.1, -0.05) is 61.2 Å². The standard InChI is InChI=1S/C19H20N4OS/c1-2-25-19-21-18-20-14-9-6-10-16(24)17(14)15(23(18)22-19)12-11-13-7-4-3-5-8-13/h3-5,7-8,11-12,15H,2,6,9-10H2,1H3,(H,20,21,22)/b12-11+. The molecule has 0 radical (unpaired) electrons. The Balaban J connectivity index is 1.76. The molecule has 1 aromatic heterocycles. The number of thioether (sulfide) groups is 1. The van der Waals surface area contributed by atoms with Crippen LogP contribution in [0.4, 0.5) is 5.95 Å². The van der Waals surface area contributed by atoms with Crippen LogP contribution in [-0.2, 0) is 4.79 Å². The molecule has 0 amide bonds. The van der Waals surface area contributed by atoms with Gasteiger partial charge in [0.25, 0.3) is 0 Å². The number of hydrogen-bond donors (Lipinski definition) is 1. The number of nitrogens with one attached hydrogen (secondary N) is 1. The Morgan fingerprint density at radius 3 is 2.96 bits per heavy atom. The Kier molecular flexibility index (Phi) is 4.44. The molecule has 1 aliphatic heterocycles. The Bertz CT molecular complexity index is 854. The van der Waals surface area contributed by atoms with Gasteiger partial charge in [-0.3, -0.25) is 4.79 Å². The Morgan fingerprint density at radius 1 is 1.32 bits per heavy atom. The van der Waals surface area contributed by atoms with Crippen molar-refractivity contribution >= 4 is 29.6 Å². The summed E-state index contributed by atoms with van der Waals surface area (Å²) in [5.74, 6) is 1.86. The molecule has 5 nitrogen and oxygen atoms in total. The van der Waals surface area contributed by atoms with Crippen LogP contribution in [0.2, 0.25) is 0 Å². The van der Waals surface area contributed by atoms with E-state index in [9.17, 15) is 4.79 Å². The molecular weight excluding hydrogens is 332 g/mol. The first kappa shape index (κ1) is 16.1. The number of fused-ring (bicyclic) bond motifs is 1. The fourth-order valence-electron chi connectivity index (χ4n) is 3.31. The van der Waals surface area contributed by atoms with Crippen LogP contribution in [0.25, 0.3) is 6.08 Å². The van der Waals surface area contributed by atoms with Gasteiger partial charge < -0.3 is 5.32 Å². The summed E-state index contributed by atoms with van der Waals surface area (Å²) in [5, 5.41) is 8.71. The first-order valence-electron chi connectivity index (χ1n) is 8.62. The topological polar surface area (TPSA) is 59.8 Å². The largest absolute Gasteiger partial charge is 0.328 e. The van der Waals surface area contributed by atoms with Crippen molar-refractivity contribution in [2.45, 2.75) is 37.4 Å². The lowest BCUT2D eigenvalue weighted by Crippen LogP contribution is -2.30. The summed E-state index contributed by atoms with van der Waals surface area (Å²) in [7, 11) is 0. The van der Waals surface area contributed by atoms with Gasteiger partial charge >= 0.3 is 0 Å². The maximum atomic E-state index is 12.6. The molecule has 0 fully saturated rings. The minimum atomic E-state index is -0.196. The molecule has 4 rings (SSSR count). The molecule has 2 aliphatic rings. The zero-order valence-corrected chi connectivity index (χ0v) is 14.9. The van der Waals surface area contributed by atoms with E-state index in [1.807, 2.05) is 22.9 Å². The maximum Gasteiger partial charge on any atom is 0.227 e. The first-order chi connectivity index (χ1) is 12.3. The summed E-state index contributed by atoms with van der Waals surface area (Å²) in [4.78, 5) is 17.2. The number of ketones is 1. The predicted molar refractivity (Wildman–Crippen MR) is 100 cm³/mol. The second kappa shape index (κ2) is 6.88. The van der Waals surface area contributed by atoms with Crippen LogP contribution < -0.4 is 5.32 Å². The highest BCUT2D eigenvalue weighted by Gasteiger charge is 2.34. The van der Waals surface area contributed by atoms with E-state index < -0.39 is 0 Å². The molecule has 0 bridgehead atoms. The number of carbonyl (C=O) groups excluding carboxylic acids is 1. The Labute approximate surface area is 151 Å². The van der Waals surface area contributed by atoms with Crippen LogP contribution in [0.3, 0.4) is 0 Å². The SMILES string of the molecule is CCSc1nc2n(n1)C(/C=C/c1ccccc1)C1=C(CCCC1=O)N2. The maximum absolute atomic E-state index is 12.6. The van der Waals surface area contributed by atoms with Crippen LogP contribution >= 0.6 is 11.8 Å². The minimum absolute atomic E-state index is 0.196. The smallest absolute Gasteiger partial charge is 0.227 e. The summed E-state index contributed by atoms with van der Waals surface area (Å²) in [6.07, 6.45) is 6.51. The van der Waals surface area contributed by atoms with Crippen molar-refractivity contribution < 1.29 is 4.79 Å². The highest BCUT2D eigenvalue weighted by Crippen LogP contribution is 2.38. The molecule has 128 valence electrons. The van der Waals surface area contributed by atoms with Crippen molar-refractivity contribution in [3.63, 3.8) is 0 Å². The first-order valence-corrected chi connectivity index (χ1v) is 9.60. The number of rotatable bonds is 4. The van der Waals surface area contributed by atoms with Gasteiger partial charge in [0.05, 0.1) is 0 Å². The second-order valence-corrected chi connectivity index (χ2v) is 7.34. The molecule has 2 heterocycles. The summed E-state index contributed by atoms with van der Waals surface area (Å²) in [5.41, 5.74) is 2.95. The predicted octanol–water partition coefficient (Wildman–Crippen LogP) is 4.08. The number of nitrogens with zero attached hydrogens (tertiary/aromatic N) is 3. The third kappa shape index (κ3) is 3.14. The molecule has 1 N–H and O–H groups in total. The number of anilines is 1. The van der Waals surface area contributed by atoms with Crippen molar-refractivity contribution in [2.75, 3.05) is 11.1 Å². The summed E-state index contributed by atoms with van der Waals surface area (Å²) < 4.78 is 1.85. The van der Waals surface area contributed by atoms with E-state index in [2.05, 4.69) is 46.6 Å². The van der Waals surface area contributed by atoms with Crippen LogP contribution in [0.1, 0.15) is 37.8 Å². The zero-order valence-electron chi connectivity index (χ0n) is 14.1. The van der Waals surface area contributed by atoms with Crippen molar-refractivity contribution in [2.24, 2.45) is 0 Å². The molecule has 25 heavy (non-hydrogen) atoms. The lowest BCUT2D eigenvalue weighted by atomic mass is 9.88. The minimum Gasteiger partial charge on any atom is -0.328 e. The highest BCUT2D eigenvalue weighted by molar-refractivity contribution is 7.99. The number of carbonyl (C=O) groups is 1. The monoisotopic (exact) mass is 352 g/mol. The number of allylic oxidation sites excluding steroid dienone is 3. The molecule has 0 spiro atoms. The zero-order chi connectivity index (χ0) is 17.2. The van der Waals surface area contributed by atoms with E-state index in [1.165, 1.54) is 0 Å². The van der Waals surface area contributed by atoms with Crippen LogP contribution in [0.5, 0.6) is 0 Å². The van der Waals surface area contributed by atoms with Crippen molar-refractivity contribution in [1.29, 1.82) is 0 Å². The average Bonchev–Trinajstić information content (AvgIpc) is 3.02. The number of Topliss-reactive ketones (excluding diaryl/α,β-unsaturated/α-hetero) is 1. The highest BCUT2D eigenvalue weighted by atomic mass is 32.2. The third-order valence-corrected chi connectivity index (χ3v) is 5.15. The molecule has 1 aliphatic carbocycles. The molecule has 1 unspecified atom stereocenters. The van der Waals surface area contributed by atoms with Gasteiger partial charge in [0.1, 0.15) is 6.04 Å². The van der Waals surface area contributed by atoms with Gasteiger partial charge in [-0.05, 0) is 24.2 Å². The van der Waals surface area contributed by atoms with Crippen LogP contribution in [0, 0.1) is 0 Å². The van der Waals surface area contributed by atoms with Crippen LogP contribution in [-0.4, -0.2) is 26.3 Å².